The molecular weight excluding hydrogens is 278 g/mol. The summed E-state index contributed by atoms with van der Waals surface area (Å²) in [6.45, 7) is 5.39. The van der Waals surface area contributed by atoms with Crippen molar-refractivity contribution in [3.05, 3.63) is 24.5 Å². The summed E-state index contributed by atoms with van der Waals surface area (Å²) in [5, 5.41) is 8.11. The maximum absolute atomic E-state index is 5.45. The maximum Gasteiger partial charge on any atom is 0.153 e. The van der Waals surface area contributed by atoms with Crippen molar-refractivity contribution in [2.75, 3.05) is 38.2 Å². The summed E-state index contributed by atoms with van der Waals surface area (Å²) in [5.41, 5.74) is 0.887. The summed E-state index contributed by atoms with van der Waals surface area (Å²) in [7, 11) is 0. The molecule has 6 heteroatoms. The van der Waals surface area contributed by atoms with Crippen molar-refractivity contribution in [3.63, 3.8) is 0 Å². The number of likely N-dealkylation sites (tertiary alicyclic amines) is 1. The standard InChI is InChI=1S/C16H23N5O/c1-2-16-17-6-8-21(16)19-15(1)18-14-3-7-20(12-14)11-13-4-9-22-10-5-13/h1-2,6,8,13-14H,3-5,7,9-12H2,(H,18,19)/t14-/m0/s1. The second kappa shape index (κ2) is 6.22. The molecule has 1 atom stereocenters. The quantitative estimate of drug-likeness (QED) is 0.930. The van der Waals surface area contributed by atoms with Gasteiger partial charge in [-0.3, -0.25) is 0 Å². The van der Waals surface area contributed by atoms with E-state index in [1.807, 2.05) is 22.8 Å². The lowest BCUT2D eigenvalue weighted by atomic mass is 10.00. The first kappa shape index (κ1) is 14.0. The fourth-order valence-electron chi connectivity index (χ4n) is 3.51. The zero-order valence-corrected chi connectivity index (χ0v) is 12.8. The molecule has 0 unspecified atom stereocenters. The molecule has 2 aromatic heterocycles. The minimum Gasteiger partial charge on any atom is -0.381 e. The van der Waals surface area contributed by atoms with E-state index in [-0.39, 0.29) is 0 Å². The van der Waals surface area contributed by atoms with Crippen LogP contribution in [0, 0.1) is 5.92 Å². The van der Waals surface area contributed by atoms with Crippen molar-refractivity contribution in [2.24, 2.45) is 5.92 Å². The summed E-state index contributed by atoms with van der Waals surface area (Å²) in [5.74, 6) is 1.75. The molecule has 0 bridgehead atoms. The van der Waals surface area contributed by atoms with Crippen LogP contribution < -0.4 is 5.32 Å². The Bertz CT molecular complexity index is 622. The van der Waals surface area contributed by atoms with E-state index < -0.39 is 0 Å². The third kappa shape index (κ3) is 3.08. The average Bonchev–Trinajstić information content (AvgIpc) is 3.17. The van der Waals surface area contributed by atoms with Crippen LogP contribution in [0.1, 0.15) is 19.3 Å². The predicted molar refractivity (Wildman–Crippen MR) is 85.0 cm³/mol. The number of aromatic nitrogens is 3. The molecule has 2 saturated heterocycles. The highest BCUT2D eigenvalue weighted by molar-refractivity contribution is 5.44. The third-order valence-corrected chi connectivity index (χ3v) is 4.74. The van der Waals surface area contributed by atoms with Gasteiger partial charge in [-0.15, -0.1) is 5.10 Å². The van der Waals surface area contributed by atoms with E-state index in [1.165, 1.54) is 32.4 Å². The van der Waals surface area contributed by atoms with Crippen LogP contribution in [-0.4, -0.2) is 58.4 Å². The molecule has 0 spiro atoms. The summed E-state index contributed by atoms with van der Waals surface area (Å²) >= 11 is 0. The van der Waals surface area contributed by atoms with E-state index in [9.17, 15) is 0 Å². The molecule has 2 aromatic rings. The zero-order chi connectivity index (χ0) is 14.8. The third-order valence-electron chi connectivity index (χ3n) is 4.74. The Morgan fingerprint density at radius 3 is 3.05 bits per heavy atom. The highest BCUT2D eigenvalue weighted by Crippen LogP contribution is 2.20. The molecule has 2 fully saturated rings. The fourth-order valence-corrected chi connectivity index (χ4v) is 3.51. The Balaban J connectivity index is 1.32. The lowest BCUT2D eigenvalue weighted by molar-refractivity contribution is 0.0554. The van der Waals surface area contributed by atoms with E-state index >= 15 is 0 Å². The molecule has 6 nitrogen and oxygen atoms in total. The number of nitrogens with zero attached hydrogens (tertiary/aromatic N) is 4. The number of hydrogen-bond donors (Lipinski definition) is 1. The van der Waals surface area contributed by atoms with E-state index in [1.54, 1.807) is 6.20 Å². The molecule has 22 heavy (non-hydrogen) atoms. The molecule has 118 valence electrons. The van der Waals surface area contributed by atoms with Gasteiger partial charge in [0.25, 0.3) is 0 Å². The molecule has 0 amide bonds. The van der Waals surface area contributed by atoms with Crippen molar-refractivity contribution in [2.45, 2.75) is 25.3 Å². The minimum atomic E-state index is 0.494. The lowest BCUT2D eigenvalue weighted by Gasteiger charge is -2.27. The number of imidazole rings is 1. The Kier molecular flexibility index (Phi) is 3.95. The van der Waals surface area contributed by atoms with Gasteiger partial charge in [-0.1, -0.05) is 0 Å². The lowest BCUT2D eigenvalue weighted by Crippen LogP contribution is -2.33. The van der Waals surface area contributed by atoms with Gasteiger partial charge in [0.05, 0.1) is 0 Å². The summed E-state index contributed by atoms with van der Waals surface area (Å²) in [6.07, 6.45) is 7.28. The van der Waals surface area contributed by atoms with Crippen LogP contribution in [0.15, 0.2) is 24.5 Å². The largest absolute Gasteiger partial charge is 0.381 e. The van der Waals surface area contributed by atoms with Gasteiger partial charge in [0.1, 0.15) is 5.82 Å². The van der Waals surface area contributed by atoms with Gasteiger partial charge in [-0.2, -0.15) is 0 Å². The SMILES string of the molecule is c1cn2nc(N[C@H]3CCN(CC4CCOCC4)C3)ccc2n1. The van der Waals surface area contributed by atoms with Gasteiger partial charge < -0.3 is 15.0 Å². The number of hydrogen-bond acceptors (Lipinski definition) is 5. The van der Waals surface area contributed by atoms with Crippen LogP contribution >= 0.6 is 0 Å². The fraction of sp³-hybridized carbons (Fsp3) is 0.625. The monoisotopic (exact) mass is 301 g/mol. The van der Waals surface area contributed by atoms with Crippen LogP contribution in [0.5, 0.6) is 0 Å². The highest BCUT2D eigenvalue weighted by Gasteiger charge is 2.25. The second-order valence-electron chi connectivity index (χ2n) is 6.39. The molecule has 0 radical (unpaired) electrons. The molecule has 4 heterocycles. The smallest absolute Gasteiger partial charge is 0.153 e. The van der Waals surface area contributed by atoms with Crippen molar-refractivity contribution < 1.29 is 4.74 Å². The highest BCUT2D eigenvalue weighted by atomic mass is 16.5. The molecule has 2 aliphatic rings. The van der Waals surface area contributed by atoms with Crippen LogP contribution in [-0.2, 0) is 4.74 Å². The molecule has 4 rings (SSSR count). The summed E-state index contributed by atoms with van der Waals surface area (Å²) in [4.78, 5) is 6.81. The number of rotatable bonds is 4. The van der Waals surface area contributed by atoms with E-state index in [0.29, 0.717) is 6.04 Å². The molecule has 0 saturated carbocycles. The van der Waals surface area contributed by atoms with Gasteiger partial charge in [0.2, 0.25) is 0 Å². The molecule has 2 aliphatic heterocycles. The van der Waals surface area contributed by atoms with Gasteiger partial charge in [0.15, 0.2) is 5.65 Å². The second-order valence-corrected chi connectivity index (χ2v) is 6.39. The predicted octanol–water partition coefficient (Wildman–Crippen LogP) is 1.64. The van der Waals surface area contributed by atoms with Crippen LogP contribution in [0.4, 0.5) is 5.82 Å². The Hall–Kier alpha value is -1.66. The summed E-state index contributed by atoms with van der Waals surface area (Å²) < 4.78 is 7.26. The van der Waals surface area contributed by atoms with Crippen molar-refractivity contribution in [3.8, 4) is 0 Å². The van der Waals surface area contributed by atoms with Crippen molar-refractivity contribution in [1.29, 1.82) is 0 Å². The zero-order valence-electron chi connectivity index (χ0n) is 12.8. The van der Waals surface area contributed by atoms with Crippen LogP contribution in [0.25, 0.3) is 5.65 Å². The molecule has 0 aliphatic carbocycles. The summed E-state index contributed by atoms with van der Waals surface area (Å²) in [6, 6.07) is 4.52. The number of anilines is 1. The van der Waals surface area contributed by atoms with Crippen molar-refractivity contribution in [1.82, 2.24) is 19.5 Å². The normalized spacial score (nSPS) is 24.1. The Morgan fingerprint density at radius 1 is 1.23 bits per heavy atom. The number of ether oxygens (including phenoxy) is 1. The van der Waals surface area contributed by atoms with Crippen LogP contribution in [0.3, 0.4) is 0 Å². The van der Waals surface area contributed by atoms with Crippen molar-refractivity contribution >= 4 is 11.5 Å². The van der Waals surface area contributed by atoms with Gasteiger partial charge in [-0.25, -0.2) is 9.50 Å². The van der Waals surface area contributed by atoms with E-state index in [4.69, 9.17) is 4.74 Å². The first-order valence-electron chi connectivity index (χ1n) is 8.24. The first-order valence-corrected chi connectivity index (χ1v) is 8.24. The Morgan fingerprint density at radius 2 is 2.14 bits per heavy atom. The average molecular weight is 301 g/mol. The maximum atomic E-state index is 5.45. The van der Waals surface area contributed by atoms with Gasteiger partial charge in [0, 0.05) is 51.3 Å². The van der Waals surface area contributed by atoms with Gasteiger partial charge in [-0.05, 0) is 37.3 Å². The molecular formula is C16H23N5O. The van der Waals surface area contributed by atoms with Crippen LogP contribution in [0.2, 0.25) is 0 Å². The van der Waals surface area contributed by atoms with E-state index in [2.05, 4.69) is 20.3 Å². The van der Waals surface area contributed by atoms with E-state index in [0.717, 1.165) is 37.1 Å². The number of fused-ring (bicyclic) bond motifs is 1. The number of nitrogens with one attached hydrogen (secondary N) is 1. The topological polar surface area (TPSA) is 54.7 Å². The Labute approximate surface area is 130 Å². The minimum absolute atomic E-state index is 0.494. The molecule has 1 N–H and O–H groups in total. The van der Waals surface area contributed by atoms with Gasteiger partial charge >= 0.3 is 0 Å². The first-order chi connectivity index (χ1) is 10.9. The molecule has 0 aromatic carbocycles.